The Bertz CT molecular complexity index is 1080. The topological polar surface area (TPSA) is 105 Å². The van der Waals surface area contributed by atoms with Crippen molar-refractivity contribution < 1.29 is 24.2 Å². The average Bonchev–Trinajstić information content (AvgIpc) is 2.74. The van der Waals surface area contributed by atoms with Gasteiger partial charge in [0, 0.05) is 16.8 Å². The lowest BCUT2D eigenvalue weighted by Crippen LogP contribution is -2.16. The standard InChI is InChI=1S/C22H18N2O5/c1-29-17-9-5-7-15(13-17)20(25)23-16-8-4-6-14(12-16)21(26)24-19-11-3-2-10-18(19)22(27)28/h2-13H,1H3,(H,23,25)(H,24,26)(H,27,28). The number of carboxylic acids is 1. The van der Waals surface area contributed by atoms with Crippen LogP contribution < -0.4 is 15.4 Å². The van der Waals surface area contributed by atoms with Crippen LogP contribution in [0.1, 0.15) is 31.1 Å². The number of hydrogen-bond donors (Lipinski definition) is 3. The fourth-order valence-electron chi connectivity index (χ4n) is 2.68. The van der Waals surface area contributed by atoms with Gasteiger partial charge in [0.05, 0.1) is 18.4 Å². The van der Waals surface area contributed by atoms with E-state index in [1.54, 1.807) is 54.6 Å². The number of carbonyl (C=O) groups is 3. The molecular weight excluding hydrogens is 372 g/mol. The van der Waals surface area contributed by atoms with E-state index in [9.17, 15) is 19.5 Å². The second kappa shape index (κ2) is 8.71. The zero-order valence-corrected chi connectivity index (χ0v) is 15.5. The van der Waals surface area contributed by atoms with Crippen molar-refractivity contribution in [2.45, 2.75) is 0 Å². The molecule has 0 unspecified atom stereocenters. The predicted molar refractivity (Wildman–Crippen MR) is 109 cm³/mol. The molecule has 3 aromatic rings. The number of benzene rings is 3. The molecule has 7 nitrogen and oxygen atoms in total. The van der Waals surface area contributed by atoms with Gasteiger partial charge in [-0.25, -0.2) is 4.79 Å². The second-order valence-electron chi connectivity index (χ2n) is 6.07. The molecule has 0 spiro atoms. The fourth-order valence-corrected chi connectivity index (χ4v) is 2.68. The van der Waals surface area contributed by atoms with Gasteiger partial charge in [-0.3, -0.25) is 9.59 Å². The molecule has 3 rings (SSSR count). The zero-order chi connectivity index (χ0) is 20.8. The molecule has 29 heavy (non-hydrogen) atoms. The molecule has 0 saturated carbocycles. The maximum atomic E-state index is 12.5. The maximum Gasteiger partial charge on any atom is 0.337 e. The summed E-state index contributed by atoms with van der Waals surface area (Å²) in [6.07, 6.45) is 0. The van der Waals surface area contributed by atoms with Gasteiger partial charge >= 0.3 is 5.97 Å². The Balaban J connectivity index is 1.76. The molecule has 0 aromatic heterocycles. The monoisotopic (exact) mass is 390 g/mol. The van der Waals surface area contributed by atoms with Gasteiger partial charge in [-0.2, -0.15) is 0 Å². The number of amides is 2. The van der Waals surface area contributed by atoms with Gasteiger partial charge in [-0.15, -0.1) is 0 Å². The smallest absolute Gasteiger partial charge is 0.337 e. The summed E-state index contributed by atoms with van der Waals surface area (Å²) < 4.78 is 5.11. The molecular formula is C22H18N2O5. The third kappa shape index (κ3) is 4.78. The van der Waals surface area contributed by atoms with E-state index in [2.05, 4.69) is 10.6 Å². The molecule has 3 aromatic carbocycles. The second-order valence-corrected chi connectivity index (χ2v) is 6.07. The number of anilines is 2. The van der Waals surface area contributed by atoms with Crippen molar-refractivity contribution in [2.75, 3.05) is 17.7 Å². The van der Waals surface area contributed by atoms with Gasteiger partial charge in [-0.05, 0) is 48.5 Å². The van der Waals surface area contributed by atoms with Crippen molar-refractivity contribution in [3.63, 3.8) is 0 Å². The van der Waals surface area contributed by atoms with Crippen LogP contribution in [0, 0.1) is 0 Å². The normalized spacial score (nSPS) is 10.1. The molecule has 0 aliphatic carbocycles. The fraction of sp³-hybridized carbons (Fsp3) is 0.0455. The van der Waals surface area contributed by atoms with Crippen LogP contribution in [0.15, 0.2) is 72.8 Å². The molecule has 146 valence electrons. The quantitative estimate of drug-likeness (QED) is 0.592. The lowest BCUT2D eigenvalue weighted by molar-refractivity contribution is 0.0697. The Morgan fingerprint density at radius 3 is 2.17 bits per heavy atom. The van der Waals surface area contributed by atoms with E-state index >= 15 is 0 Å². The Morgan fingerprint density at radius 2 is 1.45 bits per heavy atom. The van der Waals surface area contributed by atoms with Crippen molar-refractivity contribution in [3.8, 4) is 5.75 Å². The highest BCUT2D eigenvalue weighted by atomic mass is 16.5. The van der Waals surface area contributed by atoms with Crippen molar-refractivity contribution >= 4 is 29.2 Å². The molecule has 7 heteroatoms. The summed E-state index contributed by atoms with van der Waals surface area (Å²) in [5.41, 5.74) is 1.29. The van der Waals surface area contributed by atoms with Gasteiger partial charge in [-0.1, -0.05) is 24.3 Å². The summed E-state index contributed by atoms with van der Waals surface area (Å²) >= 11 is 0. The number of methoxy groups -OCH3 is 1. The third-order valence-electron chi connectivity index (χ3n) is 4.12. The van der Waals surface area contributed by atoms with Gasteiger partial charge in [0.2, 0.25) is 0 Å². The lowest BCUT2D eigenvalue weighted by atomic mass is 10.1. The molecule has 0 saturated heterocycles. The van der Waals surface area contributed by atoms with Crippen LogP contribution in [-0.2, 0) is 0 Å². The first-order chi connectivity index (χ1) is 14.0. The van der Waals surface area contributed by atoms with Crippen LogP contribution in [0.5, 0.6) is 5.75 Å². The van der Waals surface area contributed by atoms with Crippen LogP contribution in [0.2, 0.25) is 0 Å². The average molecular weight is 390 g/mol. The first-order valence-corrected chi connectivity index (χ1v) is 8.67. The van der Waals surface area contributed by atoms with Gasteiger partial charge in [0.1, 0.15) is 5.75 Å². The number of ether oxygens (including phenoxy) is 1. The number of para-hydroxylation sites is 1. The van der Waals surface area contributed by atoms with Crippen LogP contribution in [-0.4, -0.2) is 30.0 Å². The number of aromatic carboxylic acids is 1. The molecule has 2 amide bonds. The highest BCUT2D eigenvalue weighted by Gasteiger charge is 2.14. The summed E-state index contributed by atoms with van der Waals surface area (Å²) in [4.78, 5) is 36.3. The summed E-state index contributed by atoms with van der Waals surface area (Å²) in [6, 6.07) is 19.2. The van der Waals surface area contributed by atoms with Crippen molar-refractivity contribution in [1.29, 1.82) is 0 Å². The van der Waals surface area contributed by atoms with Crippen molar-refractivity contribution in [3.05, 3.63) is 89.5 Å². The van der Waals surface area contributed by atoms with Gasteiger partial charge in [0.15, 0.2) is 0 Å². The summed E-state index contributed by atoms with van der Waals surface area (Å²) in [5.74, 6) is -1.42. The minimum absolute atomic E-state index is 0.0108. The van der Waals surface area contributed by atoms with Gasteiger partial charge in [0.25, 0.3) is 11.8 Å². The highest BCUT2D eigenvalue weighted by molar-refractivity contribution is 6.09. The number of hydrogen-bond acceptors (Lipinski definition) is 4. The Morgan fingerprint density at radius 1 is 0.793 bits per heavy atom. The lowest BCUT2D eigenvalue weighted by Gasteiger charge is -2.10. The van der Waals surface area contributed by atoms with E-state index in [0.717, 1.165) is 0 Å². The zero-order valence-electron chi connectivity index (χ0n) is 15.5. The number of rotatable bonds is 6. The Hall–Kier alpha value is -4.13. The molecule has 0 aliphatic heterocycles. The van der Waals surface area contributed by atoms with E-state index in [0.29, 0.717) is 17.0 Å². The third-order valence-corrected chi connectivity index (χ3v) is 4.12. The SMILES string of the molecule is COc1cccc(C(=O)Nc2cccc(C(=O)Nc3ccccc3C(=O)O)c2)c1. The molecule has 0 fully saturated rings. The molecule has 0 bridgehead atoms. The first kappa shape index (κ1) is 19.6. The van der Waals surface area contributed by atoms with E-state index in [4.69, 9.17) is 4.74 Å². The molecule has 0 radical (unpaired) electrons. The molecule has 0 aliphatic rings. The first-order valence-electron chi connectivity index (χ1n) is 8.67. The minimum atomic E-state index is -1.14. The summed E-state index contributed by atoms with van der Waals surface area (Å²) in [5, 5.41) is 14.5. The Labute approximate surface area is 166 Å². The number of carbonyl (C=O) groups excluding carboxylic acids is 2. The maximum absolute atomic E-state index is 12.5. The molecule has 3 N–H and O–H groups in total. The van der Waals surface area contributed by atoms with Crippen molar-refractivity contribution in [2.24, 2.45) is 0 Å². The molecule has 0 heterocycles. The van der Waals surface area contributed by atoms with Crippen LogP contribution >= 0.6 is 0 Å². The van der Waals surface area contributed by atoms with E-state index in [1.165, 1.54) is 25.3 Å². The Kier molecular flexibility index (Phi) is 5.89. The van der Waals surface area contributed by atoms with Crippen molar-refractivity contribution in [1.82, 2.24) is 0 Å². The van der Waals surface area contributed by atoms with Gasteiger partial charge < -0.3 is 20.5 Å². The number of nitrogens with one attached hydrogen (secondary N) is 2. The van der Waals surface area contributed by atoms with E-state index < -0.39 is 11.9 Å². The number of carboxylic acid groups (broad SMARTS) is 1. The van der Waals surface area contributed by atoms with Crippen LogP contribution in [0.25, 0.3) is 0 Å². The van der Waals surface area contributed by atoms with Crippen LogP contribution in [0.3, 0.4) is 0 Å². The predicted octanol–water partition coefficient (Wildman–Crippen LogP) is 3.90. The summed E-state index contributed by atoms with van der Waals surface area (Å²) in [6.45, 7) is 0. The van der Waals surface area contributed by atoms with E-state index in [1.807, 2.05) is 0 Å². The molecule has 0 atom stereocenters. The van der Waals surface area contributed by atoms with Crippen LogP contribution in [0.4, 0.5) is 11.4 Å². The minimum Gasteiger partial charge on any atom is -0.497 e. The van der Waals surface area contributed by atoms with E-state index in [-0.39, 0.29) is 22.7 Å². The highest BCUT2D eigenvalue weighted by Crippen LogP contribution is 2.19. The summed E-state index contributed by atoms with van der Waals surface area (Å²) in [7, 11) is 1.52. The largest absolute Gasteiger partial charge is 0.497 e.